The van der Waals surface area contributed by atoms with Crippen molar-refractivity contribution in [3.05, 3.63) is 22.4 Å². The van der Waals surface area contributed by atoms with E-state index in [0.717, 1.165) is 19.3 Å². The summed E-state index contributed by atoms with van der Waals surface area (Å²) in [6.07, 6.45) is 3.39. The predicted octanol–water partition coefficient (Wildman–Crippen LogP) is 1.92. The molecule has 1 amide bonds. The van der Waals surface area contributed by atoms with Gasteiger partial charge >= 0.3 is 0 Å². The van der Waals surface area contributed by atoms with Crippen LogP contribution in [0.2, 0.25) is 0 Å². The molecule has 1 unspecified atom stereocenters. The highest BCUT2D eigenvalue weighted by atomic mass is 32.1. The Bertz CT molecular complexity index is 294. The van der Waals surface area contributed by atoms with E-state index in [9.17, 15) is 4.79 Å². The number of hydrogen-bond acceptors (Lipinski definition) is 3. The van der Waals surface area contributed by atoms with E-state index >= 15 is 0 Å². The predicted molar refractivity (Wildman–Crippen MR) is 68.5 cm³/mol. The quantitative estimate of drug-likeness (QED) is 0.765. The van der Waals surface area contributed by atoms with Crippen LogP contribution >= 0.6 is 11.3 Å². The number of carbonyl (C=O) groups excluding carboxylic acids is 1. The van der Waals surface area contributed by atoms with E-state index in [2.05, 4.69) is 16.8 Å². The molecule has 1 atom stereocenters. The van der Waals surface area contributed by atoms with Crippen LogP contribution in [0.15, 0.2) is 17.5 Å². The Balaban J connectivity index is 2.15. The average Bonchev–Trinajstić information content (AvgIpc) is 2.79. The molecule has 0 radical (unpaired) electrons. The lowest BCUT2D eigenvalue weighted by Crippen LogP contribution is -2.39. The van der Waals surface area contributed by atoms with E-state index in [0.29, 0.717) is 13.0 Å². The molecule has 3 nitrogen and oxygen atoms in total. The van der Waals surface area contributed by atoms with E-state index in [1.165, 1.54) is 4.88 Å². The highest BCUT2D eigenvalue weighted by Gasteiger charge is 2.07. The van der Waals surface area contributed by atoms with Crippen molar-refractivity contribution >= 4 is 17.2 Å². The summed E-state index contributed by atoms with van der Waals surface area (Å²) in [6.45, 7) is 2.55. The SMILES string of the molecule is CCC(CN)NC(=O)CCCc1cccs1. The first kappa shape index (κ1) is 13.2. The molecule has 1 heterocycles. The van der Waals surface area contributed by atoms with Crippen LogP contribution in [0, 0.1) is 0 Å². The molecule has 0 saturated carbocycles. The van der Waals surface area contributed by atoms with E-state index < -0.39 is 0 Å². The number of thiophene rings is 1. The van der Waals surface area contributed by atoms with Crippen molar-refractivity contribution in [3.8, 4) is 0 Å². The Labute approximate surface area is 101 Å². The summed E-state index contributed by atoms with van der Waals surface area (Å²) in [6, 6.07) is 4.29. The summed E-state index contributed by atoms with van der Waals surface area (Å²) in [4.78, 5) is 12.9. The summed E-state index contributed by atoms with van der Waals surface area (Å²) >= 11 is 1.75. The third-order valence-corrected chi connectivity index (χ3v) is 3.49. The Morgan fingerprint density at radius 3 is 3.00 bits per heavy atom. The minimum Gasteiger partial charge on any atom is -0.352 e. The van der Waals surface area contributed by atoms with Gasteiger partial charge in [-0.05, 0) is 30.7 Å². The summed E-state index contributed by atoms with van der Waals surface area (Å²) in [5, 5.41) is 5.00. The normalized spacial score (nSPS) is 12.4. The van der Waals surface area contributed by atoms with Gasteiger partial charge in [0.05, 0.1) is 0 Å². The third kappa shape index (κ3) is 4.77. The lowest BCUT2D eigenvalue weighted by Gasteiger charge is -2.14. The largest absolute Gasteiger partial charge is 0.352 e. The van der Waals surface area contributed by atoms with Crippen molar-refractivity contribution in [2.45, 2.75) is 38.6 Å². The van der Waals surface area contributed by atoms with E-state index in [1.54, 1.807) is 11.3 Å². The molecule has 1 aromatic rings. The molecule has 16 heavy (non-hydrogen) atoms. The Morgan fingerprint density at radius 1 is 1.62 bits per heavy atom. The van der Waals surface area contributed by atoms with Gasteiger partial charge in [-0.25, -0.2) is 0 Å². The van der Waals surface area contributed by atoms with Gasteiger partial charge in [0, 0.05) is 23.9 Å². The van der Waals surface area contributed by atoms with Gasteiger partial charge in [0.1, 0.15) is 0 Å². The molecule has 0 bridgehead atoms. The fourth-order valence-corrected chi connectivity index (χ4v) is 2.26. The molecule has 4 heteroatoms. The monoisotopic (exact) mass is 240 g/mol. The number of amides is 1. The molecule has 0 aliphatic heterocycles. The molecule has 0 fully saturated rings. The molecule has 0 aliphatic carbocycles. The summed E-state index contributed by atoms with van der Waals surface area (Å²) < 4.78 is 0. The molecule has 90 valence electrons. The van der Waals surface area contributed by atoms with Crippen molar-refractivity contribution < 1.29 is 4.79 Å². The van der Waals surface area contributed by atoms with Crippen LogP contribution in [0.25, 0.3) is 0 Å². The molecule has 3 N–H and O–H groups in total. The maximum Gasteiger partial charge on any atom is 0.220 e. The number of nitrogens with one attached hydrogen (secondary N) is 1. The van der Waals surface area contributed by atoms with Gasteiger partial charge in [-0.3, -0.25) is 4.79 Å². The molecule has 1 aromatic heterocycles. The molecular weight excluding hydrogens is 220 g/mol. The number of rotatable bonds is 7. The second-order valence-electron chi connectivity index (χ2n) is 3.84. The Kier molecular flexibility index (Phi) is 6.11. The fraction of sp³-hybridized carbons (Fsp3) is 0.583. The first-order valence-corrected chi connectivity index (χ1v) is 6.66. The molecule has 0 spiro atoms. The van der Waals surface area contributed by atoms with Crippen LogP contribution in [-0.2, 0) is 11.2 Å². The van der Waals surface area contributed by atoms with Crippen molar-refractivity contribution in [2.75, 3.05) is 6.54 Å². The van der Waals surface area contributed by atoms with Gasteiger partial charge in [-0.2, -0.15) is 0 Å². The van der Waals surface area contributed by atoms with Crippen LogP contribution in [0.4, 0.5) is 0 Å². The molecule has 0 aliphatic rings. The second kappa shape index (κ2) is 7.41. The second-order valence-corrected chi connectivity index (χ2v) is 4.87. The standard InChI is InChI=1S/C12H20N2OS/c1-2-10(9-13)14-12(15)7-3-5-11-6-4-8-16-11/h4,6,8,10H,2-3,5,7,9,13H2,1H3,(H,14,15). The van der Waals surface area contributed by atoms with E-state index in [1.807, 2.05) is 13.0 Å². The van der Waals surface area contributed by atoms with Gasteiger partial charge in [-0.1, -0.05) is 13.0 Å². The fourth-order valence-electron chi connectivity index (χ4n) is 1.51. The van der Waals surface area contributed by atoms with Gasteiger partial charge in [0.15, 0.2) is 0 Å². The van der Waals surface area contributed by atoms with Crippen molar-refractivity contribution in [3.63, 3.8) is 0 Å². The molecule has 0 saturated heterocycles. The number of carbonyl (C=O) groups is 1. The minimum atomic E-state index is 0.119. The van der Waals surface area contributed by atoms with Crippen LogP contribution < -0.4 is 11.1 Å². The smallest absolute Gasteiger partial charge is 0.220 e. The van der Waals surface area contributed by atoms with Gasteiger partial charge < -0.3 is 11.1 Å². The molecule has 1 rings (SSSR count). The van der Waals surface area contributed by atoms with Gasteiger partial charge in [0.2, 0.25) is 5.91 Å². The first-order chi connectivity index (χ1) is 7.76. The van der Waals surface area contributed by atoms with Crippen LogP contribution in [0.5, 0.6) is 0 Å². The molecular formula is C12H20N2OS. The number of nitrogens with two attached hydrogens (primary N) is 1. The average molecular weight is 240 g/mol. The van der Waals surface area contributed by atoms with Gasteiger partial charge in [0.25, 0.3) is 0 Å². The maximum atomic E-state index is 11.5. The molecule has 0 aromatic carbocycles. The van der Waals surface area contributed by atoms with Crippen molar-refractivity contribution in [2.24, 2.45) is 5.73 Å². The highest BCUT2D eigenvalue weighted by Crippen LogP contribution is 2.11. The van der Waals surface area contributed by atoms with E-state index in [-0.39, 0.29) is 11.9 Å². The zero-order chi connectivity index (χ0) is 11.8. The first-order valence-electron chi connectivity index (χ1n) is 5.78. The zero-order valence-corrected chi connectivity index (χ0v) is 10.6. The van der Waals surface area contributed by atoms with Crippen LogP contribution in [0.1, 0.15) is 31.1 Å². The summed E-state index contributed by atoms with van der Waals surface area (Å²) in [7, 11) is 0. The summed E-state index contributed by atoms with van der Waals surface area (Å²) in [5.41, 5.74) is 5.52. The minimum absolute atomic E-state index is 0.119. The maximum absolute atomic E-state index is 11.5. The highest BCUT2D eigenvalue weighted by molar-refractivity contribution is 7.09. The van der Waals surface area contributed by atoms with E-state index in [4.69, 9.17) is 5.73 Å². The third-order valence-electron chi connectivity index (χ3n) is 2.55. The van der Waals surface area contributed by atoms with Crippen LogP contribution in [-0.4, -0.2) is 18.5 Å². The zero-order valence-electron chi connectivity index (χ0n) is 9.74. The lowest BCUT2D eigenvalue weighted by molar-refractivity contribution is -0.121. The van der Waals surface area contributed by atoms with Crippen molar-refractivity contribution in [1.82, 2.24) is 5.32 Å². The Hall–Kier alpha value is -0.870. The van der Waals surface area contributed by atoms with Crippen LogP contribution in [0.3, 0.4) is 0 Å². The number of hydrogen-bond donors (Lipinski definition) is 2. The Morgan fingerprint density at radius 2 is 2.44 bits per heavy atom. The van der Waals surface area contributed by atoms with Crippen molar-refractivity contribution in [1.29, 1.82) is 0 Å². The lowest BCUT2D eigenvalue weighted by atomic mass is 10.2. The topological polar surface area (TPSA) is 55.1 Å². The summed E-state index contributed by atoms with van der Waals surface area (Å²) in [5.74, 6) is 0.119. The van der Waals surface area contributed by atoms with Gasteiger partial charge in [-0.15, -0.1) is 11.3 Å². The number of aryl methyl sites for hydroxylation is 1.